The Balaban J connectivity index is 1.99. The lowest BCUT2D eigenvalue weighted by molar-refractivity contribution is 0.0951. The van der Waals surface area contributed by atoms with Crippen LogP contribution < -0.4 is 11.1 Å². The van der Waals surface area contributed by atoms with Crippen LogP contribution in [-0.4, -0.2) is 25.9 Å². The van der Waals surface area contributed by atoms with E-state index in [2.05, 4.69) is 20.6 Å². The van der Waals surface area contributed by atoms with Crippen LogP contribution in [0.4, 0.5) is 5.82 Å². The van der Waals surface area contributed by atoms with Crippen molar-refractivity contribution in [1.29, 1.82) is 0 Å². The lowest BCUT2D eigenvalue weighted by Crippen LogP contribution is -2.24. The smallest absolute Gasteiger partial charge is 0.256 e. The molecule has 0 atom stereocenters. The Labute approximate surface area is 91.6 Å². The second-order valence-electron chi connectivity index (χ2n) is 3.33. The Morgan fingerprint density at radius 3 is 3.06 bits per heavy atom. The van der Waals surface area contributed by atoms with Gasteiger partial charge in [0.05, 0.1) is 18.4 Å². The SMILES string of the molecule is Cn1nccc1CNC(=O)c1cn[nH]c1N. The van der Waals surface area contributed by atoms with Crippen LogP contribution in [0.3, 0.4) is 0 Å². The molecule has 84 valence electrons. The number of rotatable bonds is 3. The number of aromatic nitrogens is 4. The van der Waals surface area contributed by atoms with E-state index in [1.54, 1.807) is 10.9 Å². The summed E-state index contributed by atoms with van der Waals surface area (Å²) in [7, 11) is 1.81. The summed E-state index contributed by atoms with van der Waals surface area (Å²) in [5, 5.41) is 12.9. The van der Waals surface area contributed by atoms with Crippen LogP contribution in [0.25, 0.3) is 0 Å². The molecular weight excluding hydrogens is 208 g/mol. The van der Waals surface area contributed by atoms with Crippen molar-refractivity contribution in [3.63, 3.8) is 0 Å². The minimum atomic E-state index is -0.257. The first-order valence-electron chi connectivity index (χ1n) is 4.72. The molecule has 2 aromatic rings. The van der Waals surface area contributed by atoms with Crippen LogP contribution in [-0.2, 0) is 13.6 Å². The lowest BCUT2D eigenvalue weighted by Gasteiger charge is -2.04. The first-order chi connectivity index (χ1) is 7.68. The molecule has 2 heterocycles. The molecule has 16 heavy (non-hydrogen) atoms. The second kappa shape index (κ2) is 4.05. The number of hydrogen-bond donors (Lipinski definition) is 3. The molecule has 0 aliphatic heterocycles. The maximum Gasteiger partial charge on any atom is 0.256 e. The van der Waals surface area contributed by atoms with Gasteiger partial charge in [0.1, 0.15) is 11.4 Å². The van der Waals surface area contributed by atoms with Crippen LogP contribution in [0.15, 0.2) is 18.5 Å². The molecule has 1 amide bonds. The molecule has 4 N–H and O–H groups in total. The molecule has 0 aliphatic rings. The van der Waals surface area contributed by atoms with E-state index in [-0.39, 0.29) is 11.7 Å². The third-order valence-electron chi connectivity index (χ3n) is 2.27. The number of aromatic amines is 1. The molecule has 0 unspecified atom stereocenters. The number of H-pyrrole nitrogens is 1. The highest BCUT2D eigenvalue weighted by Gasteiger charge is 2.11. The van der Waals surface area contributed by atoms with Crippen molar-refractivity contribution >= 4 is 11.7 Å². The van der Waals surface area contributed by atoms with Gasteiger partial charge in [-0.3, -0.25) is 14.6 Å². The van der Waals surface area contributed by atoms with Crippen molar-refractivity contribution < 1.29 is 4.79 Å². The summed E-state index contributed by atoms with van der Waals surface area (Å²) in [4.78, 5) is 11.7. The Hall–Kier alpha value is -2.31. The Kier molecular flexibility index (Phi) is 2.59. The fourth-order valence-corrected chi connectivity index (χ4v) is 1.32. The Morgan fingerprint density at radius 2 is 2.50 bits per heavy atom. The topological polar surface area (TPSA) is 102 Å². The van der Waals surface area contributed by atoms with Gasteiger partial charge in [0.15, 0.2) is 0 Å². The van der Waals surface area contributed by atoms with Crippen molar-refractivity contribution in [2.24, 2.45) is 7.05 Å². The highest BCUT2D eigenvalue weighted by Crippen LogP contribution is 2.05. The fraction of sp³-hybridized carbons (Fsp3) is 0.222. The first kappa shape index (κ1) is 10.2. The van der Waals surface area contributed by atoms with Crippen molar-refractivity contribution in [2.45, 2.75) is 6.54 Å². The average Bonchev–Trinajstić information content (AvgIpc) is 2.84. The normalized spacial score (nSPS) is 10.3. The van der Waals surface area contributed by atoms with Gasteiger partial charge >= 0.3 is 0 Å². The predicted molar refractivity (Wildman–Crippen MR) is 57.4 cm³/mol. The van der Waals surface area contributed by atoms with E-state index < -0.39 is 0 Å². The zero-order valence-corrected chi connectivity index (χ0v) is 8.77. The van der Waals surface area contributed by atoms with Crippen LogP contribution in [0.2, 0.25) is 0 Å². The van der Waals surface area contributed by atoms with Gasteiger partial charge in [-0.05, 0) is 6.07 Å². The number of nitrogens with zero attached hydrogens (tertiary/aromatic N) is 3. The van der Waals surface area contributed by atoms with E-state index in [4.69, 9.17) is 5.73 Å². The summed E-state index contributed by atoms with van der Waals surface area (Å²) in [6.07, 6.45) is 3.07. The van der Waals surface area contributed by atoms with E-state index in [0.29, 0.717) is 12.1 Å². The molecule has 2 rings (SSSR count). The number of aryl methyl sites for hydroxylation is 1. The number of hydrogen-bond acceptors (Lipinski definition) is 4. The molecule has 7 heteroatoms. The lowest BCUT2D eigenvalue weighted by atomic mass is 10.3. The number of amides is 1. The summed E-state index contributed by atoms with van der Waals surface area (Å²) in [6, 6.07) is 1.83. The van der Waals surface area contributed by atoms with Gasteiger partial charge in [-0.2, -0.15) is 10.2 Å². The van der Waals surface area contributed by atoms with Crippen LogP contribution in [0.5, 0.6) is 0 Å². The first-order valence-corrected chi connectivity index (χ1v) is 4.72. The molecular formula is C9H12N6O. The summed E-state index contributed by atoms with van der Waals surface area (Å²) >= 11 is 0. The van der Waals surface area contributed by atoms with Gasteiger partial charge in [-0.1, -0.05) is 0 Å². The van der Waals surface area contributed by atoms with Crippen LogP contribution >= 0.6 is 0 Å². The molecule has 0 bridgehead atoms. The minimum absolute atomic E-state index is 0.257. The number of carbonyl (C=O) groups is 1. The third kappa shape index (κ3) is 1.88. The van der Waals surface area contributed by atoms with Crippen molar-refractivity contribution in [2.75, 3.05) is 5.73 Å². The quantitative estimate of drug-likeness (QED) is 0.658. The zero-order chi connectivity index (χ0) is 11.5. The van der Waals surface area contributed by atoms with E-state index in [1.165, 1.54) is 6.20 Å². The molecule has 0 aromatic carbocycles. The van der Waals surface area contributed by atoms with Gasteiger partial charge in [-0.15, -0.1) is 0 Å². The fourth-order valence-electron chi connectivity index (χ4n) is 1.32. The van der Waals surface area contributed by atoms with Crippen LogP contribution in [0, 0.1) is 0 Å². The average molecular weight is 220 g/mol. The molecule has 0 fully saturated rings. The van der Waals surface area contributed by atoms with Crippen molar-refractivity contribution in [1.82, 2.24) is 25.3 Å². The number of carbonyl (C=O) groups excluding carboxylic acids is 1. The van der Waals surface area contributed by atoms with Crippen molar-refractivity contribution in [3.8, 4) is 0 Å². The van der Waals surface area contributed by atoms with E-state index in [1.807, 2.05) is 13.1 Å². The summed E-state index contributed by atoms with van der Waals surface area (Å²) < 4.78 is 1.69. The van der Waals surface area contributed by atoms with Gasteiger partial charge in [-0.25, -0.2) is 0 Å². The molecule has 0 radical (unpaired) electrons. The van der Waals surface area contributed by atoms with Gasteiger partial charge in [0.2, 0.25) is 0 Å². The Bertz CT molecular complexity index is 500. The number of anilines is 1. The number of nitrogen functional groups attached to an aromatic ring is 1. The maximum atomic E-state index is 11.7. The molecule has 0 saturated heterocycles. The van der Waals surface area contributed by atoms with Gasteiger partial charge in [0, 0.05) is 13.2 Å². The molecule has 0 spiro atoms. The largest absolute Gasteiger partial charge is 0.383 e. The van der Waals surface area contributed by atoms with E-state index in [0.717, 1.165) is 5.69 Å². The number of nitrogens with one attached hydrogen (secondary N) is 2. The zero-order valence-electron chi connectivity index (χ0n) is 8.77. The molecule has 2 aromatic heterocycles. The van der Waals surface area contributed by atoms with E-state index >= 15 is 0 Å². The van der Waals surface area contributed by atoms with Gasteiger partial charge < -0.3 is 11.1 Å². The highest BCUT2D eigenvalue weighted by atomic mass is 16.1. The van der Waals surface area contributed by atoms with Crippen molar-refractivity contribution in [3.05, 3.63) is 29.7 Å². The van der Waals surface area contributed by atoms with Crippen LogP contribution in [0.1, 0.15) is 16.1 Å². The molecule has 0 aliphatic carbocycles. The number of nitrogens with two attached hydrogens (primary N) is 1. The summed E-state index contributed by atoms with van der Waals surface area (Å²) in [6.45, 7) is 0.403. The highest BCUT2D eigenvalue weighted by molar-refractivity contribution is 5.97. The second-order valence-corrected chi connectivity index (χ2v) is 3.33. The maximum absolute atomic E-state index is 11.7. The summed E-state index contributed by atoms with van der Waals surface area (Å²) in [5.74, 6) is 0.00922. The monoisotopic (exact) mass is 220 g/mol. The molecule has 0 saturated carbocycles. The summed E-state index contributed by atoms with van der Waals surface area (Å²) in [5.41, 5.74) is 6.79. The predicted octanol–water partition coefficient (Wildman–Crippen LogP) is -0.345. The Morgan fingerprint density at radius 1 is 1.69 bits per heavy atom. The standard InChI is InChI=1S/C9H12N6O/c1-15-6(2-3-13-15)4-11-9(16)7-5-12-14-8(7)10/h2-3,5H,4H2,1H3,(H,11,16)(H3,10,12,14). The molecule has 7 nitrogen and oxygen atoms in total. The van der Waals surface area contributed by atoms with E-state index in [9.17, 15) is 4.79 Å². The third-order valence-corrected chi connectivity index (χ3v) is 2.27. The minimum Gasteiger partial charge on any atom is -0.383 e. The van der Waals surface area contributed by atoms with Gasteiger partial charge in [0.25, 0.3) is 5.91 Å².